The van der Waals surface area contributed by atoms with Crippen LogP contribution in [0.4, 0.5) is 5.95 Å². The minimum atomic E-state index is -0.371. The van der Waals surface area contributed by atoms with Crippen molar-refractivity contribution in [2.75, 3.05) is 26.6 Å². The molecule has 1 N–H and O–H groups in total. The Morgan fingerprint density at radius 3 is 2.39 bits per heavy atom. The van der Waals surface area contributed by atoms with Gasteiger partial charge in [-0.25, -0.2) is 4.68 Å². The maximum atomic E-state index is 6.70. The molecule has 4 aromatic rings. The highest BCUT2D eigenvalue weighted by molar-refractivity contribution is 5.85. The predicted molar refractivity (Wildman–Crippen MR) is 136 cm³/mol. The molecule has 0 saturated carbocycles. The van der Waals surface area contributed by atoms with Crippen molar-refractivity contribution >= 4 is 11.6 Å². The molecule has 3 aromatic carbocycles. The normalized spacial score (nSPS) is 17.8. The Morgan fingerprint density at radius 2 is 1.64 bits per heavy atom. The zero-order valence-corrected chi connectivity index (χ0v) is 20.5. The van der Waals surface area contributed by atoms with Crippen molar-refractivity contribution in [3.63, 3.8) is 0 Å². The average Bonchev–Trinajstić information content (AvgIpc) is 3.39. The van der Waals surface area contributed by atoms with Crippen molar-refractivity contribution in [2.45, 2.75) is 19.1 Å². The molecule has 6 rings (SSSR count). The van der Waals surface area contributed by atoms with Crippen LogP contribution < -0.4 is 24.3 Å². The van der Waals surface area contributed by atoms with E-state index >= 15 is 0 Å². The molecule has 0 saturated heterocycles. The molecular formula is C28H26N4O4. The van der Waals surface area contributed by atoms with E-state index in [1.54, 1.807) is 27.7 Å². The second-order valence-corrected chi connectivity index (χ2v) is 8.77. The maximum absolute atomic E-state index is 6.70. The molecule has 0 fully saturated rings. The van der Waals surface area contributed by atoms with Gasteiger partial charge in [-0.15, -0.1) is 0 Å². The van der Waals surface area contributed by atoms with Gasteiger partial charge in [-0.2, -0.15) is 10.1 Å². The van der Waals surface area contributed by atoms with Crippen LogP contribution in [-0.2, 0) is 0 Å². The van der Waals surface area contributed by atoms with Crippen LogP contribution in [0, 0.1) is 6.92 Å². The van der Waals surface area contributed by atoms with Crippen molar-refractivity contribution in [1.29, 1.82) is 0 Å². The first kappa shape index (κ1) is 22.0. The van der Waals surface area contributed by atoms with Gasteiger partial charge in [-0.05, 0) is 54.4 Å². The molecule has 0 spiro atoms. The maximum Gasteiger partial charge on any atom is 0.226 e. The number of benzene rings is 3. The largest absolute Gasteiger partial charge is 0.497 e. The predicted octanol–water partition coefficient (Wildman–Crippen LogP) is 5.17. The standard InChI is InChI=1S/C28H26N4O4/c1-16-5-11-21-20(13-16)25-24(27(36-21)17-6-9-19(33-2)10-7-17)26(32-28(31-25)29-15-30-32)18-8-12-22(34-3)23(14-18)35-4/h5-15,26-27H,1-4H3,(H,29,30,31). The summed E-state index contributed by atoms with van der Waals surface area (Å²) in [4.78, 5) is 4.51. The minimum absolute atomic E-state index is 0.292. The molecule has 2 aliphatic heterocycles. The van der Waals surface area contributed by atoms with Crippen molar-refractivity contribution in [2.24, 2.45) is 0 Å². The van der Waals surface area contributed by atoms with E-state index in [4.69, 9.17) is 18.9 Å². The van der Waals surface area contributed by atoms with Crippen molar-refractivity contribution in [1.82, 2.24) is 14.8 Å². The average molecular weight is 483 g/mol. The third-order valence-electron chi connectivity index (χ3n) is 6.71. The van der Waals surface area contributed by atoms with Gasteiger partial charge in [-0.3, -0.25) is 0 Å². The summed E-state index contributed by atoms with van der Waals surface area (Å²) in [5.41, 5.74) is 6.12. The Balaban J connectivity index is 1.60. The number of anilines is 1. The van der Waals surface area contributed by atoms with Crippen molar-refractivity contribution in [3.8, 4) is 23.0 Å². The van der Waals surface area contributed by atoms with E-state index in [2.05, 4.69) is 34.5 Å². The topological polar surface area (TPSA) is 79.7 Å². The number of fused-ring (bicyclic) bond motifs is 3. The van der Waals surface area contributed by atoms with Gasteiger partial charge in [0.1, 0.15) is 30.0 Å². The molecule has 2 aliphatic rings. The number of aryl methyl sites for hydroxylation is 1. The van der Waals surface area contributed by atoms with Gasteiger partial charge in [-0.1, -0.05) is 29.8 Å². The van der Waals surface area contributed by atoms with Gasteiger partial charge >= 0.3 is 0 Å². The first-order chi connectivity index (χ1) is 17.6. The van der Waals surface area contributed by atoms with Gasteiger partial charge in [0.15, 0.2) is 11.5 Å². The summed E-state index contributed by atoms with van der Waals surface area (Å²) in [7, 11) is 4.93. The van der Waals surface area contributed by atoms with E-state index in [9.17, 15) is 0 Å². The molecule has 182 valence electrons. The van der Waals surface area contributed by atoms with E-state index in [0.717, 1.165) is 45.0 Å². The summed E-state index contributed by atoms with van der Waals surface area (Å²) < 4.78 is 25.1. The lowest BCUT2D eigenvalue weighted by atomic mass is 9.84. The monoisotopic (exact) mass is 482 g/mol. The molecule has 36 heavy (non-hydrogen) atoms. The number of aromatic nitrogens is 3. The zero-order chi connectivity index (χ0) is 24.8. The van der Waals surface area contributed by atoms with Crippen LogP contribution in [0.25, 0.3) is 5.70 Å². The lowest BCUT2D eigenvalue weighted by molar-refractivity contribution is 0.223. The van der Waals surface area contributed by atoms with Gasteiger partial charge in [0.25, 0.3) is 0 Å². The molecule has 1 aromatic heterocycles. The number of hydrogen-bond acceptors (Lipinski definition) is 7. The SMILES string of the molecule is COc1ccc(C2Oc3ccc(C)cc3C3=C2C(c2ccc(OC)c(OC)c2)n2ncnc2N3)cc1. The van der Waals surface area contributed by atoms with Gasteiger partial charge in [0.05, 0.1) is 27.0 Å². The lowest BCUT2D eigenvalue weighted by Crippen LogP contribution is -2.32. The fourth-order valence-corrected chi connectivity index (χ4v) is 4.98. The smallest absolute Gasteiger partial charge is 0.226 e. The third-order valence-corrected chi connectivity index (χ3v) is 6.71. The summed E-state index contributed by atoms with van der Waals surface area (Å²) in [6, 6.07) is 19.8. The summed E-state index contributed by atoms with van der Waals surface area (Å²) >= 11 is 0. The highest BCUT2D eigenvalue weighted by Gasteiger charge is 2.41. The third kappa shape index (κ3) is 3.45. The summed E-state index contributed by atoms with van der Waals surface area (Å²) in [6.45, 7) is 2.08. The summed E-state index contributed by atoms with van der Waals surface area (Å²) in [5.74, 6) is 3.57. The Hall–Kier alpha value is -4.46. The Labute approximate surface area is 209 Å². The number of hydrogen-bond donors (Lipinski definition) is 1. The van der Waals surface area contributed by atoms with E-state index in [-0.39, 0.29) is 12.1 Å². The van der Waals surface area contributed by atoms with Crippen molar-refractivity contribution < 1.29 is 18.9 Å². The lowest BCUT2D eigenvalue weighted by Gasteiger charge is -2.39. The fraction of sp³-hybridized carbons (Fsp3) is 0.214. The van der Waals surface area contributed by atoms with Gasteiger partial charge in [0.2, 0.25) is 5.95 Å². The van der Waals surface area contributed by atoms with Gasteiger partial charge < -0.3 is 24.3 Å². The molecule has 0 aliphatic carbocycles. The van der Waals surface area contributed by atoms with E-state index in [1.165, 1.54) is 0 Å². The second kappa shape index (κ2) is 8.64. The molecule has 3 heterocycles. The van der Waals surface area contributed by atoms with Crippen LogP contribution in [0.2, 0.25) is 0 Å². The first-order valence-corrected chi connectivity index (χ1v) is 11.7. The number of nitrogens with zero attached hydrogens (tertiary/aromatic N) is 3. The Morgan fingerprint density at radius 1 is 0.861 bits per heavy atom. The van der Waals surface area contributed by atoms with E-state index < -0.39 is 0 Å². The van der Waals surface area contributed by atoms with Gasteiger partial charge in [0, 0.05) is 11.1 Å². The minimum Gasteiger partial charge on any atom is -0.497 e. The van der Waals surface area contributed by atoms with E-state index in [1.807, 2.05) is 53.2 Å². The number of nitrogens with one attached hydrogen (secondary N) is 1. The van der Waals surface area contributed by atoms with Crippen LogP contribution >= 0.6 is 0 Å². The van der Waals surface area contributed by atoms with Crippen LogP contribution in [0.15, 0.2) is 72.6 Å². The summed E-state index contributed by atoms with van der Waals surface area (Å²) in [5, 5.41) is 8.14. The molecule has 2 atom stereocenters. The highest BCUT2D eigenvalue weighted by atomic mass is 16.5. The molecule has 8 heteroatoms. The number of rotatable bonds is 5. The number of methoxy groups -OCH3 is 3. The molecular weight excluding hydrogens is 456 g/mol. The Kier molecular flexibility index (Phi) is 5.29. The first-order valence-electron chi connectivity index (χ1n) is 11.7. The van der Waals surface area contributed by atoms with Crippen molar-refractivity contribution in [3.05, 3.63) is 94.8 Å². The molecule has 2 unspecified atom stereocenters. The van der Waals surface area contributed by atoms with Crippen LogP contribution in [-0.4, -0.2) is 36.1 Å². The highest BCUT2D eigenvalue weighted by Crippen LogP contribution is 2.51. The summed E-state index contributed by atoms with van der Waals surface area (Å²) in [6.07, 6.45) is 1.19. The van der Waals surface area contributed by atoms with Crippen LogP contribution in [0.5, 0.6) is 23.0 Å². The van der Waals surface area contributed by atoms with Crippen LogP contribution in [0.3, 0.4) is 0 Å². The quantitative estimate of drug-likeness (QED) is 0.420. The second-order valence-electron chi connectivity index (χ2n) is 8.77. The Bertz CT molecular complexity index is 1480. The zero-order valence-electron chi connectivity index (χ0n) is 20.5. The van der Waals surface area contributed by atoms with E-state index in [0.29, 0.717) is 17.4 Å². The molecule has 0 bridgehead atoms. The fourth-order valence-electron chi connectivity index (χ4n) is 4.98. The molecule has 0 radical (unpaired) electrons. The molecule has 8 nitrogen and oxygen atoms in total. The number of ether oxygens (including phenoxy) is 4. The molecule has 0 amide bonds. The van der Waals surface area contributed by atoms with Crippen LogP contribution in [0.1, 0.15) is 34.4 Å².